The van der Waals surface area contributed by atoms with Gasteiger partial charge in [0.05, 0.1) is 11.3 Å². The van der Waals surface area contributed by atoms with Crippen LogP contribution in [-0.4, -0.2) is 67.5 Å². The quantitative estimate of drug-likeness (QED) is 0.443. The van der Waals surface area contributed by atoms with E-state index in [0.717, 1.165) is 4.90 Å². The number of piperazine rings is 1. The van der Waals surface area contributed by atoms with Crippen molar-refractivity contribution in [3.05, 3.63) is 60.7 Å². The van der Waals surface area contributed by atoms with Crippen LogP contribution in [0.3, 0.4) is 0 Å². The number of esters is 1. The summed E-state index contributed by atoms with van der Waals surface area (Å²) in [6, 6.07) is 18.0. The molecule has 0 aliphatic carbocycles. The second kappa shape index (κ2) is 10.8. The van der Waals surface area contributed by atoms with Gasteiger partial charge in [0.1, 0.15) is 0 Å². The molecular formula is C22H26N2O5S2. The maximum atomic E-state index is 12.7. The van der Waals surface area contributed by atoms with E-state index in [0.29, 0.717) is 5.75 Å². The molecule has 0 spiro atoms. The molecule has 0 radical (unpaired) electrons. The Morgan fingerprint density at radius 2 is 1.55 bits per heavy atom. The Morgan fingerprint density at radius 1 is 0.968 bits per heavy atom. The van der Waals surface area contributed by atoms with Crippen molar-refractivity contribution in [1.82, 2.24) is 9.21 Å². The third-order valence-electron chi connectivity index (χ3n) is 4.91. The molecule has 1 aliphatic heterocycles. The van der Waals surface area contributed by atoms with Crippen molar-refractivity contribution >= 4 is 33.7 Å². The Balaban J connectivity index is 1.44. The van der Waals surface area contributed by atoms with Gasteiger partial charge in [0, 0.05) is 36.8 Å². The van der Waals surface area contributed by atoms with Crippen molar-refractivity contribution in [2.75, 3.05) is 31.9 Å². The number of benzene rings is 2. The van der Waals surface area contributed by atoms with Crippen molar-refractivity contribution in [3.63, 3.8) is 0 Å². The molecule has 2 aromatic rings. The Bertz CT molecular complexity index is 975. The number of hydrogen-bond acceptors (Lipinski definition) is 6. The lowest BCUT2D eigenvalue weighted by molar-refractivity contribution is -0.159. The molecule has 1 fully saturated rings. The topological polar surface area (TPSA) is 84.0 Å². The predicted molar refractivity (Wildman–Crippen MR) is 119 cm³/mol. The van der Waals surface area contributed by atoms with E-state index >= 15 is 0 Å². The molecule has 31 heavy (non-hydrogen) atoms. The number of carbonyl (C=O) groups excluding carboxylic acids is 2. The summed E-state index contributed by atoms with van der Waals surface area (Å²) in [6.45, 7) is 2.49. The standard InChI is InChI=1S/C22H26N2O5S2/c1-18(29-21(25)12-17-30-19-8-4-2-5-9-19)22(26)23-13-15-24(16-14-23)31(27,28)20-10-6-3-7-11-20/h2-11,18H,12-17H2,1H3. The maximum Gasteiger partial charge on any atom is 0.307 e. The lowest BCUT2D eigenvalue weighted by atomic mass is 10.3. The minimum absolute atomic E-state index is 0.206. The van der Waals surface area contributed by atoms with E-state index < -0.39 is 22.1 Å². The average molecular weight is 463 g/mol. The van der Waals surface area contributed by atoms with Gasteiger partial charge in [-0.05, 0) is 31.2 Å². The van der Waals surface area contributed by atoms with Gasteiger partial charge in [-0.15, -0.1) is 11.8 Å². The number of carbonyl (C=O) groups is 2. The van der Waals surface area contributed by atoms with Crippen LogP contribution in [-0.2, 0) is 24.3 Å². The Hall–Kier alpha value is -2.36. The SMILES string of the molecule is CC(OC(=O)CCSc1ccccc1)C(=O)N1CCN(S(=O)(=O)c2ccccc2)CC1. The van der Waals surface area contributed by atoms with Crippen LogP contribution < -0.4 is 0 Å². The highest BCUT2D eigenvalue weighted by Gasteiger charge is 2.32. The third-order valence-corrected chi connectivity index (χ3v) is 7.83. The summed E-state index contributed by atoms with van der Waals surface area (Å²) in [6.07, 6.45) is -0.688. The second-order valence-electron chi connectivity index (χ2n) is 7.09. The third kappa shape index (κ3) is 6.32. The summed E-state index contributed by atoms with van der Waals surface area (Å²) >= 11 is 1.55. The first-order valence-electron chi connectivity index (χ1n) is 10.1. The van der Waals surface area contributed by atoms with Crippen molar-refractivity contribution in [1.29, 1.82) is 0 Å². The highest BCUT2D eigenvalue weighted by molar-refractivity contribution is 7.99. The highest BCUT2D eigenvalue weighted by Crippen LogP contribution is 2.19. The van der Waals surface area contributed by atoms with Gasteiger partial charge in [-0.25, -0.2) is 8.42 Å². The summed E-state index contributed by atoms with van der Waals surface area (Å²) < 4.78 is 32.1. The minimum atomic E-state index is -3.58. The number of amides is 1. The number of nitrogens with zero attached hydrogens (tertiary/aromatic N) is 2. The fourth-order valence-electron chi connectivity index (χ4n) is 3.22. The van der Waals surface area contributed by atoms with Crippen LogP contribution in [0.4, 0.5) is 0 Å². The van der Waals surface area contributed by atoms with Crippen molar-refractivity contribution < 1.29 is 22.7 Å². The smallest absolute Gasteiger partial charge is 0.307 e. The Kier molecular flexibility index (Phi) is 8.11. The van der Waals surface area contributed by atoms with Gasteiger partial charge in [-0.1, -0.05) is 36.4 Å². The molecule has 1 aliphatic rings. The molecule has 3 rings (SSSR count). The normalized spacial score (nSPS) is 16.0. The molecular weight excluding hydrogens is 436 g/mol. The molecule has 7 nitrogen and oxygen atoms in total. The molecule has 1 unspecified atom stereocenters. The van der Waals surface area contributed by atoms with E-state index in [1.54, 1.807) is 53.9 Å². The molecule has 9 heteroatoms. The molecule has 2 aromatic carbocycles. The molecule has 1 atom stereocenters. The fourth-order valence-corrected chi connectivity index (χ4v) is 5.52. The zero-order valence-corrected chi connectivity index (χ0v) is 19.0. The van der Waals surface area contributed by atoms with Crippen LogP contribution in [0.1, 0.15) is 13.3 Å². The summed E-state index contributed by atoms with van der Waals surface area (Å²) in [5.41, 5.74) is 0. The van der Waals surface area contributed by atoms with Crippen LogP contribution in [0.15, 0.2) is 70.5 Å². The fraction of sp³-hybridized carbons (Fsp3) is 0.364. The highest BCUT2D eigenvalue weighted by atomic mass is 32.2. The molecule has 0 aromatic heterocycles. The van der Waals surface area contributed by atoms with E-state index in [4.69, 9.17) is 4.74 Å². The summed E-state index contributed by atoms with van der Waals surface area (Å²) in [5.74, 6) is -0.157. The van der Waals surface area contributed by atoms with Gasteiger partial charge >= 0.3 is 5.97 Å². The van der Waals surface area contributed by atoms with E-state index in [1.807, 2.05) is 30.3 Å². The lowest BCUT2D eigenvalue weighted by Crippen LogP contribution is -2.52. The molecule has 1 heterocycles. The summed E-state index contributed by atoms with van der Waals surface area (Å²) in [4.78, 5) is 27.6. The lowest BCUT2D eigenvalue weighted by Gasteiger charge is -2.35. The first kappa shape index (κ1) is 23.3. The van der Waals surface area contributed by atoms with Crippen molar-refractivity contribution in [2.45, 2.75) is 29.2 Å². The molecule has 0 N–H and O–H groups in total. The average Bonchev–Trinajstić information content (AvgIpc) is 2.80. The number of hydrogen-bond donors (Lipinski definition) is 0. The number of rotatable bonds is 8. The predicted octanol–water partition coefficient (Wildman–Crippen LogP) is 2.63. The zero-order valence-electron chi connectivity index (χ0n) is 17.3. The van der Waals surface area contributed by atoms with Gasteiger partial charge in [0.15, 0.2) is 6.10 Å². The van der Waals surface area contributed by atoms with Gasteiger partial charge in [-0.3, -0.25) is 9.59 Å². The molecule has 1 saturated heterocycles. The van der Waals surface area contributed by atoms with Gasteiger partial charge in [0.2, 0.25) is 10.0 Å². The largest absolute Gasteiger partial charge is 0.453 e. The first-order chi connectivity index (χ1) is 14.9. The van der Waals surface area contributed by atoms with E-state index in [9.17, 15) is 18.0 Å². The van der Waals surface area contributed by atoms with Gasteiger partial charge in [-0.2, -0.15) is 4.31 Å². The molecule has 0 saturated carbocycles. The van der Waals surface area contributed by atoms with Crippen LogP contribution >= 0.6 is 11.8 Å². The first-order valence-corrected chi connectivity index (χ1v) is 12.5. The van der Waals surface area contributed by atoms with Crippen LogP contribution in [0.5, 0.6) is 0 Å². The summed E-state index contributed by atoms with van der Waals surface area (Å²) in [7, 11) is -3.58. The monoisotopic (exact) mass is 462 g/mol. The van der Waals surface area contributed by atoms with Crippen molar-refractivity contribution in [3.8, 4) is 0 Å². The van der Waals surface area contributed by atoms with Gasteiger partial charge < -0.3 is 9.64 Å². The minimum Gasteiger partial charge on any atom is -0.453 e. The zero-order chi connectivity index (χ0) is 22.3. The summed E-state index contributed by atoms with van der Waals surface area (Å²) in [5, 5.41) is 0. The molecule has 1 amide bonds. The van der Waals surface area contributed by atoms with E-state index in [2.05, 4.69) is 0 Å². The van der Waals surface area contributed by atoms with Crippen molar-refractivity contribution in [2.24, 2.45) is 0 Å². The Morgan fingerprint density at radius 3 is 2.16 bits per heavy atom. The maximum absolute atomic E-state index is 12.7. The Labute approximate surface area is 187 Å². The second-order valence-corrected chi connectivity index (χ2v) is 10.2. The van der Waals surface area contributed by atoms with E-state index in [-0.39, 0.29) is 43.4 Å². The van der Waals surface area contributed by atoms with Crippen LogP contribution in [0, 0.1) is 0 Å². The number of thioether (sulfide) groups is 1. The van der Waals surface area contributed by atoms with E-state index in [1.165, 1.54) is 4.31 Å². The van der Waals surface area contributed by atoms with Crippen LogP contribution in [0.2, 0.25) is 0 Å². The molecule has 166 valence electrons. The molecule has 0 bridgehead atoms. The van der Waals surface area contributed by atoms with Gasteiger partial charge in [0.25, 0.3) is 5.91 Å². The van der Waals surface area contributed by atoms with Crippen LogP contribution in [0.25, 0.3) is 0 Å². The number of ether oxygens (including phenoxy) is 1. The number of sulfonamides is 1.